The average Bonchev–Trinajstić information content (AvgIpc) is 2.51. The zero-order valence-corrected chi connectivity index (χ0v) is 12.5. The summed E-state index contributed by atoms with van der Waals surface area (Å²) in [7, 11) is 0. The van der Waals surface area contributed by atoms with Gasteiger partial charge in [-0.05, 0) is 31.2 Å². The van der Waals surface area contributed by atoms with Crippen LogP contribution in [0.5, 0.6) is 0 Å². The van der Waals surface area contributed by atoms with Crippen LogP contribution < -0.4 is 10.9 Å². The fourth-order valence-corrected chi connectivity index (χ4v) is 2.39. The molecule has 0 spiro atoms. The van der Waals surface area contributed by atoms with Crippen LogP contribution in [0.1, 0.15) is 16.1 Å². The molecule has 0 unspecified atom stereocenters. The molecule has 5 nitrogen and oxygen atoms in total. The van der Waals surface area contributed by atoms with Crippen molar-refractivity contribution in [3.63, 3.8) is 0 Å². The molecule has 1 aromatic carbocycles. The van der Waals surface area contributed by atoms with Crippen molar-refractivity contribution in [2.75, 3.05) is 5.32 Å². The summed E-state index contributed by atoms with van der Waals surface area (Å²) >= 11 is 6.00. The van der Waals surface area contributed by atoms with E-state index in [0.29, 0.717) is 21.9 Å². The van der Waals surface area contributed by atoms with Gasteiger partial charge in [-0.1, -0.05) is 29.8 Å². The van der Waals surface area contributed by atoms with Crippen LogP contribution in [-0.4, -0.2) is 15.3 Å². The van der Waals surface area contributed by atoms with Crippen molar-refractivity contribution in [2.45, 2.75) is 6.92 Å². The second-order valence-corrected chi connectivity index (χ2v) is 5.15. The number of rotatable bonds is 2. The summed E-state index contributed by atoms with van der Waals surface area (Å²) in [5, 5.41) is 2.93. The lowest BCUT2D eigenvalue weighted by Gasteiger charge is -2.10. The molecular formula is C16H12ClN3O2. The van der Waals surface area contributed by atoms with Crippen LogP contribution in [0, 0.1) is 6.92 Å². The van der Waals surface area contributed by atoms with Gasteiger partial charge in [0.15, 0.2) is 0 Å². The fourth-order valence-electron chi connectivity index (χ4n) is 2.17. The van der Waals surface area contributed by atoms with Crippen molar-refractivity contribution in [3.05, 3.63) is 75.3 Å². The number of carbonyl (C=O) groups excluding carboxylic acids is 1. The second kappa shape index (κ2) is 5.61. The van der Waals surface area contributed by atoms with Gasteiger partial charge < -0.3 is 5.32 Å². The van der Waals surface area contributed by atoms with Crippen LogP contribution in [-0.2, 0) is 0 Å². The average molecular weight is 314 g/mol. The van der Waals surface area contributed by atoms with Crippen molar-refractivity contribution >= 4 is 28.8 Å². The lowest BCUT2D eigenvalue weighted by atomic mass is 10.2. The molecular weight excluding hydrogens is 302 g/mol. The smallest absolute Gasteiger partial charge is 0.281 e. The van der Waals surface area contributed by atoms with Gasteiger partial charge >= 0.3 is 0 Å². The van der Waals surface area contributed by atoms with Gasteiger partial charge in [-0.25, -0.2) is 4.98 Å². The molecule has 0 aliphatic rings. The number of aromatic nitrogens is 2. The van der Waals surface area contributed by atoms with Crippen LogP contribution in [0.4, 0.5) is 5.69 Å². The number of benzene rings is 1. The van der Waals surface area contributed by atoms with E-state index in [0.717, 1.165) is 0 Å². The zero-order chi connectivity index (χ0) is 15.7. The molecule has 1 N–H and O–H groups in total. The Labute approximate surface area is 131 Å². The topological polar surface area (TPSA) is 63.5 Å². The first-order valence-corrected chi connectivity index (χ1v) is 6.99. The number of pyridine rings is 1. The highest BCUT2D eigenvalue weighted by Crippen LogP contribution is 2.17. The minimum atomic E-state index is -0.441. The van der Waals surface area contributed by atoms with E-state index in [9.17, 15) is 9.59 Å². The molecule has 6 heteroatoms. The van der Waals surface area contributed by atoms with Crippen LogP contribution >= 0.6 is 11.6 Å². The van der Waals surface area contributed by atoms with Crippen LogP contribution in [0.3, 0.4) is 0 Å². The molecule has 0 aliphatic heterocycles. The van der Waals surface area contributed by atoms with Crippen molar-refractivity contribution in [2.24, 2.45) is 0 Å². The summed E-state index contributed by atoms with van der Waals surface area (Å²) < 4.78 is 1.38. The predicted octanol–water partition coefficient (Wildman–Crippen LogP) is 2.91. The molecule has 3 aromatic rings. The molecule has 0 radical (unpaired) electrons. The summed E-state index contributed by atoms with van der Waals surface area (Å²) in [6.45, 7) is 1.68. The summed E-state index contributed by atoms with van der Waals surface area (Å²) in [4.78, 5) is 29.1. The van der Waals surface area contributed by atoms with Gasteiger partial charge in [-0.2, -0.15) is 0 Å². The molecule has 2 heterocycles. The first kappa shape index (κ1) is 14.3. The highest BCUT2D eigenvalue weighted by molar-refractivity contribution is 6.34. The van der Waals surface area contributed by atoms with Crippen molar-refractivity contribution in [1.82, 2.24) is 9.38 Å². The fraction of sp³-hybridized carbons (Fsp3) is 0.0625. The van der Waals surface area contributed by atoms with Crippen LogP contribution in [0.15, 0.2) is 53.5 Å². The number of hydrogen-bond donors (Lipinski definition) is 1. The monoisotopic (exact) mass is 313 g/mol. The van der Waals surface area contributed by atoms with Crippen LogP contribution in [0.2, 0.25) is 5.02 Å². The van der Waals surface area contributed by atoms with E-state index >= 15 is 0 Å². The van der Waals surface area contributed by atoms with E-state index in [-0.39, 0.29) is 11.2 Å². The Balaban J connectivity index is 2.06. The van der Waals surface area contributed by atoms with Gasteiger partial charge in [0, 0.05) is 6.20 Å². The molecule has 0 atom stereocenters. The first-order chi connectivity index (χ1) is 10.6. The zero-order valence-electron chi connectivity index (χ0n) is 11.7. The van der Waals surface area contributed by atoms with Crippen LogP contribution in [0.25, 0.3) is 5.65 Å². The number of hydrogen-bond acceptors (Lipinski definition) is 3. The Bertz CT molecular complexity index is 934. The molecule has 3 rings (SSSR count). The summed E-state index contributed by atoms with van der Waals surface area (Å²) in [6, 6.07) is 11.9. The molecule has 0 bridgehead atoms. The lowest BCUT2D eigenvalue weighted by Crippen LogP contribution is -2.25. The summed E-state index contributed by atoms with van der Waals surface area (Å²) in [6.07, 6.45) is 1.61. The normalized spacial score (nSPS) is 10.6. The number of nitrogens with one attached hydrogen (secondary N) is 1. The van der Waals surface area contributed by atoms with E-state index in [1.54, 1.807) is 55.6 Å². The molecule has 22 heavy (non-hydrogen) atoms. The number of fused-ring (bicyclic) bond motifs is 1. The summed E-state index contributed by atoms with van der Waals surface area (Å²) in [5.41, 5.74) is 1.11. The third kappa shape index (κ3) is 2.46. The lowest BCUT2D eigenvalue weighted by molar-refractivity contribution is 0.102. The van der Waals surface area contributed by atoms with Gasteiger partial charge in [0.1, 0.15) is 11.3 Å². The Kier molecular flexibility index (Phi) is 3.65. The summed E-state index contributed by atoms with van der Waals surface area (Å²) in [5.74, 6) is -0.441. The molecule has 0 fully saturated rings. The molecule has 0 aliphatic carbocycles. The van der Waals surface area contributed by atoms with Gasteiger partial charge in [-0.15, -0.1) is 0 Å². The Hall–Kier alpha value is -2.66. The van der Waals surface area contributed by atoms with Crippen molar-refractivity contribution in [3.8, 4) is 0 Å². The quantitative estimate of drug-likeness (QED) is 0.791. The number of halogens is 1. The minimum absolute atomic E-state index is 0.147. The minimum Gasteiger partial charge on any atom is -0.316 e. The molecule has 2 aromatic heterocycles. The van der Waals surface area contributed by atoms with E-state index in [4.69, 9.17) is 11.6 Å². The van der Waals surface area contributed by atoms with E-state index < -0.39 is 5.91 Å². The number of aryl methyl sites for hydroxylation is 1. The number of carbonyl (C=O) groups is 1. The molecule has 0 saturated heterocycles. The van der Waals surface area contributed by atoms with Gasteiger partial charge in [0.05, 0.1) is 16.3 Å². The maximum Gasteiger partial charge on any atom is 0.281 e. The maximum absolute atomic E-state index is 12.5. The van der Waals surface area contributed by atoms with Gasteiger partial charge in [0.25, 0.3) is 11.5 Å². The van der Waals surface area contributed by atoms with Gasteiger partial charge in [0.2, 0.25) is 0 Å². The Morgan fingerprint density at radius 1 is 1.18 bits per heavy atom. The Morgan fingerprint density at radius 3 is 2.68 bits per heavy atom. The number of nitrogens with zero attached hydrogens (tertiary/aromatic N) is 2. The third-order valence-corrected chi connectivity index (χ3v) is 3.60. The molecule has 0 saturated carbocycles. The highest BCUT2D eigenvalue weighted by Gasteiger charge is 2.15. The highest BCUT2D eigenvalue weighted by atomic mass is 35.5. The largest absolute Gasteiger partial charge is 0.316 e. The molecule has 110 valence electrons. The van der Waals surface area contributed by atoms with E-state index in [1.807, 2.05) is 0 Å². The maximum atomic E-state index is 12.5. The van der Waals surface area contributed by atoms with E-state index in [2.05, 4.69) is 10.3 Å². The van der Waals surface area contributed by atoms with E-state index in [1.165, 1.54) is 4.40 Å². The van der Waals surface area contributed by atoms with Crippen molar-refractivity contribution < 1.29 is 4.79 Å². The molecule has 1 amide bonds. The SMILES string of the molecule is Cc1nc2ccccn2c(=O)c1NC(=O)c1ccccc1Cl. The first-order valence-electron chi connectivity index (χ1n) is 6.62. The third-order valence-electron chi connectivity index (χ3n) is 3.27. The standard InChI is InChI=1S/C16H12ClN3O2/c1-10-14(16(22)20-9-5-4-8-13(20)18-10)19-15(21)11-6-2-3-7-12(11)17/h2-9H,1H3,(H,19,21). The van der Waals surface area contributed by atoms with Crippen molar-refractivity contribution in [1.29, 1.82) is 0 Å². The number of anilines is 1. The van der Waals surface area contributed by atoms with Gasteiger partial charge in [-0.3, -0.25) is 14.0 Å². The predicted molar refractivity (Wildman–Crippen MR) is 85.6 cm³/mol. The number of amides is 1. The second-order valence-electron chi connectivity index (χ2n) is 4.74. The Morgan fingerprint density at radius 2 is 1.91 bits per heavy atom.